The van der Waals surface area contributed by atoms with E-state index in [0.29, 0.717) is 38.4 Å². The minimum Gasteiger partial charge on any atom is -0.462 e. The van der Waals surface area contributed by atoms with Gasteiger partial charge in [-0.1, -0.05) is 0 Å². The number of carbonyl (C=O) groups is 3. The van der Waals surface area contributed by atoms with E-state index in [1.165, 1.54) is 0 Å². The SMILES string of the molecule is CCOC(=O)c1c(CC(=O)NCC(O)CN2CCOCC2)[nH]c(C(=O)OC(C)(C)C)c1C.NCC(O)CN1CCOCC1. The van der Waals surface area contributed by atoms with Gasteiger partial charge in [-0.3, -0.25) is 14.6 Å². The van der Waals surface area contributed by atoms with E-state index in [4.69, 9.17) is 24.7 Å². The monoisotopic (exact) mass is 613 g/mol. The first-order chi connectivity index (χ1) is 20.3. The van der Waals surface area contributed by atoms with Crippen LogP contribution in [0.2, 0.25) is 0 Å². The van der Waals surface area contributed by atoms with Crippen molar-refractivity contribution < 1.29 is 43.5 Å². The summed E-state index contributed by atoms with van der Waals surface area (Å²) in [6.07, 6.45) is -1.29. The molecule has 14 nitrogen and oxygen atoms in total. The van der Waals surface area contributed by atoms with Crippen molar-refractivity contribution in [1.29, 1.82) is 0 Å². The second kappa shape index (κ2) is 18.3. The lowest BCUT2D eigenvalue weighted by molar-refractivity contribution is -0.121. The maximum Gasteiger partial charge on any atom is 0.355 e. The highest BCUT2D eigenvalue weighted by molar-refractivity contribution is 5.99. The van der Waals surface area contributed by atoms with Gasteiger partial charge >= 0.3 is 11.9 Å². The molecule has 0 bridgehead atoms. The molecule has 0 aliphatic carbocycles. The molecule has 2 atom stereocenters. The number of amides is 1. The van der Waals surface area contributed by atoms with E-state index in [9.17, 15) is 24.6 Å². The van der Waals surface area contributed by atoms with Crippen molar-refractivity contribution in [2.75, 3.05) is 85.4 Å². The van der Waals surface area contributed by atoms with E-state index in [1.807, 2.05) is 0 Å². The molecular weight excluding hydrogens is 562 g/mol. The predicted octanol–water partition coefficient (Wildman–Crippen LogP) is -0.555. The standard InChI is InChI=1S/C22H35N3O7.C7H16N2O2/c1-6-31-20(28)18-14(2)19(21(29)32-22(3,4)5)24-16(18)11-17(27)23-12-15(26)13-25-7-9-30-10-8-25;8-5-7(10)6-9-1-3-11-4-2-9/h15,24,26H,6-13H2,1-5H3,(H,23,27);7,10H,1-6,8H2. The highest BCUT2D eigenvalue weighted by Gasteiger charge is 2.29. The number of H-pyrrole nitrogens is 1. The Morgan fingerprint density at radius 1 is 0.977 bits per heavy atom. The van der Waals surface area contributed by atoms with E-state index in [1.54, 1.807) is 34.6 Å². The number of aliphatic hydroxyl groups excluding tert-OH is 2. The molecule has 246 valence electrons. The van der Waals surface area contributed by atoms with E-state index in [2.05, 4.69) is 20.1 Å². The molecule has 0 aromatic carbocycles. The Morgan fingerprint density at radius 3 is 2.00 bits per heavy atom. The topological polar surface area (TPSA) is 189 Å². The normalized spacial score (nSPS) is 17.8. The summed E-state index contributed by atoms with van der Waals surface area (Å²) >= 11 is 0. The predicted molar refractivity (Wildman–Crippen MR) is 159 cm³/mol. The number of nitrogens with two attached hydrogens (primary N) is 1. The van der Waals surface area contributed by atoms with Gasteiger partial charge in [-0.25, -0.2) is 9.59 Å². The summed E-state index contributed by atoms with van der Waals surface area (Å²) in [4.78, 5) is 44.7. The Bertz CT molecular complexity index is 1010. The van der Waals surface area contributed by atoms with Crippen molar-refractivity contribution in [3.05, 3.63) is 22.5 Å². The number of aromatic nitrogens is 1. The first-order valence-corrected chi connectivity index (χ1v) is 14.9. The maximum atomic E-state index is 12.6. The van der Waals surface area contributed by atoms with Crippen LogP contribution >= 0.6 is 0 Å². The zero-order valence-electron chi connectivity index (χ0n) is 26.3. The third-order valence-corrected chi connectivity index (χ3v) is 6.70. The number of nitrogens with zero attached hydrogens (tertiary/aromatic N) is 2. The van der Waals surface area contributed by atoms with Crippen molar-refractivity contribution in [1.82, 2.24) is 20.1 Å². The third kappa shape index (κ3) is 13.3. The maximum absolute atomic E-state index is 12.6. The average Bonchev–Trinajstić information content (AvgIpc) is 3.28. The van der Waals surface area contributed by atoms with Crippen LogP contribution in [-0.4, -0.2) is 146 Å². The number of morpholine rings is 2. The van der Waals surface area contributed by atoms with Crippen LogP contribution in [-0.2, 0) is 30.2 Å². The lowest BCUT2D eigenvalue weighted by Gasteiger charge is -2.28. The van der Waals surface area contributed by atoms with E-state index >= 15 is 0 Å². The molecule has 2 aliphatic heterocycles. The number of aromatic amines is 1. The van der Waals surface area contributed by atoms with Crippen molar-refractivity contribution in [3.8, 4) is 0 Å². The summed E-state index contributed by atoms with van der Waals surface area (Å²) in [6.45, 7) is 16.3. The van der Waals surface area contributed by atoms with Crippen molar-refractivity contribution in [3.63, 3.8) is 0 Å². The number of β-amino-alcohol motifs (C(OH)–C–C–N with tert-alkyl or cyclic N) is 2. The minimum absolute atomic E-state index is 0.0730. The Hall–Kier alpha value is -2.59. The molecule has 3 rings (SSSR count). The smallest absolute Gasteiger partial charge is 0.355 e. The Balaban J connectivity index is 0.000000490. The number of ether oxygens (including phenoxy) is 4. The summed E-state index contributed by atoms with van der Waals surface area (Å²) in [5.41, 5.74) is 5.46. The number of carbonyl (C=O) groups excluding carboxylic acids is 3. The summed E-state index contributed by atoms with van der Waals surface area (Å²) in [6, 6.07) is 0. The zero-order chi connectivity index (χ0) is 32.0. The van der Waals surface area contributed by atoms with Gasteiger partial charge in [-0.2, -0.15) is 0 Å². The highest BCUT2D eigenvalue weighted by Crippen LogP contribution is 2.23. The molecular formula is C29H51N5O9. The van der Waals surface area contributed by atoms with Crippen LogP contribution in [0.5, 0.6) is 0 Å². The fraction of sp³-hybridized carbons (Fsp3) is 0.759. The number of nitrogens with one attached hydrogen (secondary N) is 2. The first kappa shape index (κ1) is 36.6. The van der Waals surface area contributed by atoms with Gasteiger partial charge in [0.05, 0.1) is 57.2 Å². The Morgan fingerprint density at radius 2 is 1.51 bits per heavy atom. The molecule has 1 aromatic heterocycles. The summed E-state index contributed by atoms with van der Waals surface area (Å²) < 4.78 is 21.0. The van der Waals surface area contributed by atoms with Gasteiger partial charge < -0.3 is 45.2 Å². The summed E-state index contributed by atoms with van der Waals surface area (Å²) in [7, 11) is 0. The molecule has 0 spiro atoms. The van der Waals surface area contributed by atoms with Gasteiger partial charge in [0.15, 0.2) is 0 Å². The largest absolute Gasteiger partial charge is 0.462 e. The van der Waals surface area contributed by atoms with E-state index in [-0.39, 0.29) is 42.6 Å². The molecule has 0 saturated carbocycles. The molecule has 3 heterocycles. The van der Waals surface area contributed by atoms with E-state index < -0.39 is 29.6 Å². The van der Waals surface area contributed by atoms with Gasteiger partial charge in [-0.05, 0) is 40.2 Å². The second-order valence-corrected chi connectivity index (χ2v) is 11.6. The van der Waals surface area contributed by atoms with Gasteiger partial charge in [0.25, 0.3) is 0 Å². The molecule has 6 N–H and O–H groups in total. The van der Waals surface area contributed by atoms with Crippen LogP contribution in [0.1, 0.15) is 59.8 Å². The van der Waals surface area contributed by atoms with Crippen LogP contribution in [0.15, 0.2) is 0 Å². The van der Waals surface area contributed by atoms with Crippen LogP contribution in [0.3, 0.4) is 0 Å². The second-order valence-electron chi connectivity index (χ2n) is 11.6. The van der Waals surface area contributed by atoms with Gasteiger partial charge in [0.2, 0.25) is 5.91 Å². The lowest BCUT2D eigenvalue weighted by Crippen LogP contribution is -2.44. The van der Waals surface area contributed by atoms with Crippen LogP contribution in [0.4, 0.5) is 0 Å². The van der Waals surface area contributed by atoms with Crippen molar-refractivity contribution >= 4 is 17.8 Å². The number of esters is 2. The van der Waals surface area contributed by atoms with Gasteiger partial charge in [-0.15, -0.1) is 0 Å². The average molecular weight is 614 g/mol. The zero-order valence-corrected chi connectivity index (χ0v) is 26.3. The quantitative estimate of drug-likeness (QED) is 0.189. The lowest BCUT2D eigenvalue weighted by atomic mass is 10.1. The Kier molecular flexibility index (Phi) is 15.6. The number of rotatable bonds is 12. The fourth-order valence-electron chi connectivity index (χ4n) is 4.56. The minimum atomic E-state index is -0.732. The van der Waals surface area contributed by atoms with Crippen LogP contribution < -0.4 is 11.1 Å². The van der Waals surface area contributed by atoms with Crippen LogP contribution in [0.25, 0.3) is 0 Å². The molecule has 1 aromatic rings. The third-order valence-electron chi connectivity index (χ3n) is 6.70. The molecule has 43 heavy (non-hydrogen) atoms. The number of hydrogen-bond acceptors (Lipinski definition) is 12. The molecule has 2 saturated heterocycles. The summed E-state index contributed by atoms with van der Waals surface area (Å²) in [5.74, 6) is -1.63. The van der Waals surface area contributed by atoms with E-state index in [0.717, 1.165) is 39.4 Å². The fourth-order valence-corrected chi connectivity index (χ4v) is 4.56. The van der Waals surface area contributed by atoms with Crippen molar-refractivity contribution in [2.45, 2.75) is 58.8 Å². The molecule has 2 unspecified atom stereocenters. The molecule has 2 fully saturated rings. The summed E-state index contributed by atoms with van der Waals surface area (Å²) in [5, 5.41) is 22.1. The molecule has 1 amide bonds. The molecule has 0 radical (unpaired) electrons. The molecule has 2 aliphatic rings. The van der Waals surface area contributed by atoms with Crippen LogP contribution in [0, 0.1) is 6.92 Å². The van der Waals surface area contributed by atoms with Gasteiger partial charge in [0.1, 0.15) is 11.3 Å². The number of hydrogen-bond donors (Lipinski definition) is 5. The first-order valence-electron chi connectivity index (χ1n) is 14.9. The van der Waals surface area contributed by atoms with Gasteiger partial charge in [0, 0.05) is 58.1 Å². The molecule has 14 heteroatoms. The van der Waals surface area contributed by atoms with Crippen molar-refractivity contribution in [2.24, 2.45) is 5.73 Å². The highest BCUT2D eigenvalue weighted by atomic mass is 16.6. The number of aliphatic hydroxyl groups is 2. The Labute approximate surface area is 254 Å².